The topological polar surface area (TPSA) is 77.2 Å². The molecule has 0 bridgehead atoms. The molecule has 2 heterocycles. The Morgan fingerprint density at radius 1 is 0.971 bits per heavy atom. The van der Waals surface area contributed by atoms with E-state index < -0.39 is 0 Å². The zero-order valence-electron chi connectivity index (χ0n) is 18.2. The summed E-state index contributed by atoms with van der Waals surface area (Å²) in [7, 11) is 0. The van der Waals surface area contributed by atoms with Crippen molar-refractivity contribution >= 4 is 34.5 Å². The predicted molar refractivity (Wildman–Crippen MR) is 133 cm³/mol. The maximum Gasteiger partial charge on any atom is 0.257 e. The largest absolute Gasteiger partial charge is 0.489 e. The van der Waals surface area contributed by atoms with Crippen LogP contribution in [0.5, 0.6) is 5.75 Å². The number of oxazole rings is 1. The van der Waals surface area contributed by atoms with Crippen LogP contribution in [0.1, 0.15) is 21.5 Å². The number of anilines is 1. The van der Waals surface area contributed by atoms with Gasteiger partial charge in [0.2, 0.25) is 0 Å². The summed E-state index contributed by atoms with van der Waals surface area (Å²) < 4.78 is 11.6. The van der Waals surface area contributed by atoms with Crippen LogP contribution in [0.4, 0.5) is 5.69 Å². The van der Waals surface area contributed by atoms with Crippen LogP contribution in [0.15, 0.2) is 107 Å². The molecule has 168 valence electrons. The molecule has 5 rings (SSSR count). The van der Waals surface area contributed by atoms with Crippen LogP contribution < -0.4 is 10.1 Å². The molecule has 0 spiro atoms. The van der Waals surface area contributed by atoms with Gasteiger partial charge in [-0.25, -0.2) is 4.98 Å². The minimum atomic E-state index is -0.182. The molecule has 1 N–H and O–H groups in total. The SMILES string of the molecule is O=C(Nc1cccc(OCc2cccnc2)c1)c1ccccc1CSc1nc2ccccc2o1. The molecule has 0 saturated carbocycles. The normalized spacial score (nSPS) is 10.8. The minimum absolute atomic E-state index is 0.182. The molecule has 0 aliphatic carbocycles. The van der Waals surface area contributed by atoms with Crippen LogP contribution in [-0.2, 0) is 12.4 Å². The van der Waals surface area contributed by atoms with Crippen molar-refractivity contribution in [3.63, 3.8) is 0 Å². The van der Waals surface area contributed by atoms with Crippen molar-refractivity contribution in [3.8, 4) is 5.75 Å². The fourth-order valence-electron chi connectivity index (χ4n) is 3.43. The van der Waals surface area contributed by atoms with Crippen molar-refractivity contribution in [1.82, 2.24) is 9.97 Å². The molecule has 0 aliphatic heterocycles. The van der Waals surface area contributed by atoms with Crippen LogP contribution >= 0.6 is 11.8 Å². The van der Waals surface area contributed by atoms with Gasteiger partial charge in [-0.3, -0.25) is 9.78 Å². The van der Waals surface area contributed by atoms with Crippen molar-refractivity contribution in [2.45, 2.75) is 17.6 Å². The lowest BCUT2D eigenvalue weighted by Gasteiger charge is -2.11. The fourth-order valence-corrected chi connectivity index (χ4v) is 4.27. The molecule has 7 heteroatoms. The first-order valence-electron chi connectivity index (χ1n) is 10.7. The number of thioether (sulfide) groups is 1. The number of nitrogens with zero attached hydrogens (tertiary/aromatic N) is 2. The van der Waals surface area contributed by atoms with E-state index in [0.717, 1.165) is 22.2 Å². The number of fused-ring (bicyclic) bond motifs is 1. The Morgan fingerprint density at radius 2 is 1.85 bits per heavy atom. The summed E-state index contributed by atoms with van der Waals surface area (Å²) >= 11 is 1.46. The lowest BCUT2D eigenvalue weighted by Crippen LogP contribution is -2.14. The van der Waals surface area contributed by atoms with Gasteiger partial charge in [-0.1, -0.05) is 54.2 Å². The minimum Gasteiger partial charge on any atom is -0.489 e. The molecule has 0 aliphatic rings. The third-order valence-corrected chi connectivity index (χ3v) is 5.98. The summed E-state index contributed by atoms with van der Waals surface area (Å²) in [5, 5.41) is 3.56. The van der Waals surface area contributed by atoms with Gasteiger partial charge < -0.3 is 14.5 Å². The summed E-state index contributed by atoms with van der Waals surface area (Å²) in [4.78, 5) is 21.7. The first-order valence-corrected chi connectivity index (χ1v) is 11.7. The number of rotatable bonds is 8. The van der Waals surface area contributed by atoms with Gasteiger partial charge in [0, 0.05) is 41.0 Å². The molecule has 34 heavy (non-hydrogen) atoms. The van der Waals surface area contributed by atoms with Gasteiger partial charge in [0.1, 0.15) is 17.9 Å². The molecule has 0 atom stereocenters. The summed E-state index contributed by atoms with van der Waals surface area (Å²) in [5.74, 6) is 1.05. The van der Waals surface area contributed by atoms with E-state index in [1.165, 1.54) is 11.8 Å². The van der Waals surface area contributed by atoms with Gasteiger partial charge in [-0.2, -0.15) is 0 Å². The highest BCUT2D eigenvalue weighted by atomic mass is 32.2. The number of benzene rings is 3. The quantitative estimate of drug-likeness (QED) is 0.268. The summed E-state index contributed by atoms with van der Waals surface area (Å²) in [6.45, 7) is 0.404. The van der Waals surface area contributed by atoms with Crippen LogP contribution in [0.25, 0.3) is 11.1 Å². The standard InChI is InChI=1S/C27H21N3O3S/c31-26(29-21-9-5-10-22(15-21)32-17-19-7-6-14-28-16-19)23-11-2-1-8-20(23)18-34-27-30-24-12-3-4-13-25(24)33-27/h1-16H,17-18H2,(H,29,31). The monoisotopic (exact) mass is 467 g/mol. The van der Waals surface area contributed by atoms with E-state index in [0.29, 0.717) is 34.6 Å². The van der Waals surface area contributed by atoms with E-state index in [1.54, 1.807) is 12.4 Å². The Morgan fingerprint density at radius 3 is 2.74 bits per heavy atom. The van der Waals surface area contributed by atoms with Gasteiger partial charge in [0.15, 0.2) is 5.58 Å². The van der Waals surface area contributed by atoms with Crippen LogP contribution in [0, 0.1) is 0 Å². The Hall–Kier alpha value is -4.10. The predicted octanol–water partition coefficient (Wildman–Crippen LogP) is 6.35. The second-order valence-corrected chi connectivity index (χ2v) is 8.45. The maximum absolute atomic E-state index is 13.1. The van der Waals surface area contributed by atoms with E-state index >= 15 is 0 Å². The van der Waals surface area contributed by atoms with Crippen molar-refractivity contribution in [1.29, 1.82) is 0 Å². The van der Waals surface area contributed by atoms with E-state index in [1.807, 2.05) is 84.9 Å². The number of para-hydroxylation sites is 2. The molecular weight excluding hydrogens is 446 g/mol. The number of ether oxygens (including phenoxy) is 1. The van der Waals surface area contributed by atoms with Crippen LogP contribution in [0.2, 0.25) is 0 Å². The zero-order chi connectivity index (χ0) is 23.2. The molecule has 0 saturated heterocycles. The van der Waals surface area contributed by atoms with Crippen molar-refractivity contribution in [2.24, 2.45) is 0 Å². The van der Waals surface area contributed by atoms with E-state index in [2.05, 4.69) is 15.3 Å². The summed E-state index contributed by atoms with van der Waals surface area (Å²) in [6, 6.07) is 26.4. The van der Waals surface area contributed by atoms with E-state index in [-0.39, 0.29) is 5.91 Å². The van der Waals surface area contributed by atoms with Crippen molar-refractivity contribution in [3.05, 3.63) is 114 Å². The smallest absolute Gasteiger partial charge is 0.257 e. The van der Waals surface area contributed by atoms with Gasteiger partial charge in [-0.15, -0.1) is 0 Å². The number of aromatic nitrogens is 2. The van der Waals surface area contributed by atoms with Crippen molar-refractivity contribution in [2.75, 3.05) is 5.32 Å². The number of carbonyl (C=O) groups is 1. The zero-order valence-corrected chi connectivity index (χ0v) is 19.0. The highest BCUT2D eigenvalue weighted by Gasteiger charge is 2.14. The Bertz CT molecular complexity index is 1390. The van der Waals surface area contributed by atoms with Crippen LogP contribution in [0.3, 0.4) is 0 Å². The van der Waals surface area contributed by atoms with Gasteiger partial charge in [-0.05, 0) is 42.0 Å². The first kappa shape index (κ1) is 21.7. The average Bonchev–Trinajstić information content (AvgIpc) is 3.30. The van der Waals surface area contributed by atoms with Gasteiger partial charge in [0.25, 0.3) is 11.1 Å². The molecule has 5 aromatic rings. The molecule has 1 amide bonds. The van der Waals surface area contributed by atoms with Crippen LogP contribution in [-0.4, -0.2) is 15.9 Å². The molecule has 2 aromatic heterocycles. The second-order valence-electron chi connectivity index (χ2n) is 7.53. The summed E-state index contributed by atoms with van der Waals surface area (Å²) in [5.41, 5.74) is 4.71. The molecule has 0 radical (unpaired) electrons. The second kappa shape index (κ2) is 10.2. The number of pyridine rings is 1. The molecule has 0 unspecified atom stereocenters. The highest BCUT2D eigenvalue weighted by Crippen LogP contribution is 2.28. The Kier molecular flexibility index (Phi) is 6.54. The van der Waals surface area contributed by atoms with E-state index in [9.17, 15) is 4.79 Å². The van der Waals surface area contributed by atoms with E-state index in [4.69, 9.17) is 9.15 Å². The third-order valence-electron chi connectivity index (χ3n) is 5.11. The highest BCUT2D eigenvalue weighted by molar-refractivity contribution is 7.98. The Labute approximate surface area is 201 Å². The maximum atomic E-state index is 13.1. The van der Waals surface area contributed by atoms with Gasteiger partial charge in [0.05, 0.1) is 0 Å². The van der Waals surface area contributed by atoms with Gasteiger partial charge >= 0.3 is 0 Å². The third kappa shape index (κ3) is 5.27. The number of carbonyl (C=O) groups excluding carboxylic acids is 1. The molecular formula is C27H21N3O3S. The molecule has 6 nitrogen and oxygen atoms in total. The number of amides is 1. The molecule has 0 fully saturated rings. The number of hydrogen-bond donors (Lipinski definition) is 1. The fraction of sp³-hybridized carbons (Fsp3) is 0.0741. The summed E-state index contributed by atoms with van der Waals surface area (Å²) in [6.07, 6.45) is 3.49. The lowest BCUT2D eigenvalue weighted by atomic mass is 10.1. The Balaban J connectivity index is 1.25. The van der Waals surface area contributed by atoms with Crippen molar-refractivity contribution < 1.29 is 13.9 Å². The average molecular weight is 468 g/mol. The number of nitrogens with one attached hydrogen (secondary N) is 1. The first-order chi connectivity index (χ1) is 16.7. The lowest BCUT2D eigenvalue weighted by molar-refractivity contribution is 0.102. The molecule has 3 aromatic carbocycles. The number of hydrogen-bond acceptors (Lipinski definition) is 6.